The van der Waals surface area contributed by atoms with Gasteiger partial charge < -0.3 is 14.9 Å². The molecule has 0 heterocycles. The van der Waals surface area contributed by atoms with E-state index in [2.05, 4.69) is 6.07 Å². The predicted octanol–water partition coefficient (Wildman–Crippen LogP) is 5.77. The van der Waals surface area contributed by atoms with Crippen LogP contribution in [0.1, 0.15) is 56.1 Å². The number of carboxylic acids is 2. The van der Waals surface area contributed by atoms with Gasteiger partial charge in [-0.3, -0.25) is 4.79 Å². The molecule has 33 heavy (non-hydrogen) atoms. The lowest BCUT2D eigenvalue weighted by Gasteiger charge is -2.57. The van der Waals surface area contributed by atoms with Crippen molar-refractivity contribution in [1.29, 1.82) is 0 Å². The molecule has 0 aliphatic heterocycles. The van der Waals surface area contributed by atoms with E-state index in [1.807, 2.05) is 36.4 Å². The number of hydrogen-bond acceptors (Lipinski definition) is 3. The minimum atomic E-state index is -0.960. The van der Waals surface area contributed by atoms with Gasteiger partial charge in [0.1, 0.15) is 5.75 Å². The molecule has 0 radical (unpaired) electrons. The number of carbonyl (C=O) groups is 2. The average Bonchev–Trinajstić information content (AvgIpc) is 2.77. The quantitative estimate of drug-likeness (QED) is 0.503. The molecule has 4 bridgehead atoms. The van der Waals surface area contributed by atoms with Gasteiger partial charge in [0.15, 0.2) is 0 Å². The third kappa shape index (κ3) is 4.54. The fourth-order valence-electron chi connectivity index (χ4n) is 6.89. The highest BCUT2D eigenvalue weighted by Gasteiger charge is 2.52. The molecule has 5 heteroatoms. The summed E-state index contributed by atoms with van der Waals surface area (Å²) in [6, 6.07) is 14.2. The standard InChI is InChI=1S/C28H30O5/c29-26(30)8-3-18-1-4-22(5-2-18)23-6-7-25(33-10-9-27(31)32)24(14-23)28-15-19-11-20(16-28)13-21(12-19)17-28/h1-8,14,19-21H,9-13,15-17H2,(H,29,30)(H,31,32). The van der Waals surface area contributed by atoms with Crippen LogP contribution in [0.3, 0.4) is 0 Å². The fourth-order valence-corrected chi connectivity index (χ4v) is 6.89. The molecule has 4 aliphatic carbocycles. The zero-order valence-corrected chi connectivity index (χ0v) is 18.7. The average molecular weight is 447 g/mol. The highest BCUT2D eigenvalue weighted by atomic mass is 16.5. The zero-order valence-electron chi connectivity index (χ0n) is 18.7. The second-order valence-corrected chi connectivity index (χ2v) is 10.2. The van der Waals surface area contributed by atoms with E-state index >= 15 is 0 Å². The minimum absolute atomic E-state index is 0.00656. The highest BCUT2D eigenvalue weighted by Crippen LogP contribution is 2.62. The van der Waals surface area contributed by atoms with Gasteiger partial charge >= 0.3 is 11.9 Å². The largest absolute Gasteiger partial charge is 0.493 e. The molecule has 4 aliphatic rings. The number of carboxylic acid groups (broad SMARTS) is 2. The zero-order chi connectivity index (χ0) is 23.0. The molecule has 2 aromatic rings. The second kappa shape index (κ2) is 8.69. The van der Waals surface area contributed by atoms with Gasteiger partial charge in [-0.05, 0) is 96.6 Å². The van der Waals surface area contributed by atoms with Crippen LogP contribution in [0.5, 0.6) is 5.75 Å². The maximum absolute atomic E-state index is 11.0. The molecular weight excluding hydrogens is 416 g/mol. The van der Waals surface area contributed by atoms with Gasteiger partial charge in [0.25, 0.3) is 0 Å². The van der Waals surface area contributed by atoms with Crippen molar-refractivity contribution in [2.45, 2.75) is 50.4 Å². The molecule has 4 saturated carbocycles. The molecule has 5 nitrogen and oxygen atoms in total. The Hall–Kier alpha value is -3.08. The molecule has 172 valence electrons. The summed E-state index contributed by atoms with van der Waals surface area (Å²) in [4.78, 5) is 21.8. The van der Waals surface area contributed by atoms with Crippen molar-refractivity contribution in [2.24, 2.45) is 17.8 Å². The van der Waals surface area contributed by atoms with Gasteiger partial charge in [-0.2, -0.15) is 0 Å². The fraction of sp³-hybridized carbons (Fsp3) is 0.429. The van der Waals surface area contributed by atoms with Crippen LogP contribution in [0.25, 0.3) is 17.2 Å². The van der Waals surface area contributed by atoms with E-state index in [0.29, 0.717) is 0 Å². The Morgan fingerprint density at radius 1 is 0.909 bits per heavy atom. The Balaban J connectivity index is 1.48. The summed E-state index contributed by atoms with van der Waals surface area (Å²) in [7, 11) is 0. The summed E-state index contributed by atoms with van der Waals surface area (Å²) in [5.74, 6) is 1.42. The van der Waals surface area contributed by atoms with Crippen molar-refractivity contribution in [2.75, 3.05) is 6.61 Å². The smallest absolute Gasteiger partial charge is 0.328 e. The lowest BCUT2D eigenvalue weighted by atomic mass is 9.48. The van der Waals surface area contributed by atoms with Gasteiger partial charge in [-0.15, -0.1) is 0 Å². The van der Waals surface area contributed by atoms with Crippen LogP contribution in [0.15, 0.2) is 48.5 Å². The third-order valence-electron chi connectivity index (χ3n) is 7.83. The van der Waals surface area contributed by atoms with Crippen molar-refractivity contribution in [1.82, 2.24) is 0 Å². The van der Waals surface area contributed by atoms with Crippen LogP contribution in [0, 0.1) is 17.8 Å². The first-order chi connectivity index (χ1) is 15.9. The second-order valence-electron chi connectivity index (χ2n) is 10.2. The lowest BCUT2D eigenvalue weighted by Crippen LogP contribution is -2.48. The van der Waals surface area contributed by atoms with Gasteiger partial charge in [-0.1, -0.05) is 30.3 Å². The Morgan fingerprint density at radius 3 is 2.09 bits per heavy atom. The molecular formula is C28H30O5. The van der Waals surface area contributed by atoms with E-state index in [9.17, 15) is 9.59 Å². The normalized spacial score (nSPS) is 27.7. The molecule has 0 amide bonds. The SMILES string of the molecule is O=C(O)C=Cc1ccc(-c2ccc(OCCC(=O)O)c(C34CC5CC(CC(C5)C3)C4)c2)cc1. The van der Waals surface area contributed by atoms with Crippen molar-refractivity contribution < 1.29 is 24.5 Å². The van der Waals surface area contributed by atoms with Gasteiger partial charge in [0.2, 0.25) is 0 Å². The predicted molar refractivity (Wildman–Crippen MR) is 126 cm³/mol. The van der Waals surface area contributed by atoms with Crippen molar-refractivity contribution in [3.05, 3.63) is 59.7 Å². The maximum Gasteiger partial charge on any atom is 0.328 e. The lowest BCUT2D eigenvalue weighted by molar-refractivity contribution is -0.137. The van der Waals surface area contributed by atoms with E-state index in [0.717, 1.165) is 46.3 Å². The van der Waals surface area contributed by atoms with E-state index in [-0.39, 0.29) is 18.4 Å². The van der Waals surface area contributed by atoms with E-state index < -0.39 is 11.9 Å². The molecule has 0 saturated heterocycles. The van der Waals surface area contributed by atoms with E-state index in [1.165, 1.54) is 44.1 Å². The third-order valence-corrected chi connectivity index (χ3v) is 7.83. The first-order valence-electron chi connectivity index (χ1n) is 11.9. The van der Waals surface area contributed by atoms with Crippen LogP contribution >= 0.6 is 0 Å². The molecule has 0 atom stereocenters. The van der Waals surface area contributed by atoms with Crippen LogP contribution in [-0.4, -0.2) is 28.8 Å². The van der Waals surface area contributed by atoms with E-state index in [1.54, 1.807) is 6.08 Å². The Labute approximate surface area is 194 Å². The first-order valence-corrected chi connectivity index (χ1v) is 11.9. The number of ether oxygens (including phenoxy) is 1. The Bertz CT molecular complexity index is 1050. The molecule has 2 aromatic carbocycles. The minimum Gasteiger partial charge on any atom is -0.493 e. The maximum atomic E-state index is 11.0. The summed E-state index contributed by atoms with van der Waals surface area (Å²) in [6.07, 6.45) is 10.4. The Kier molecular flexibility index (Phi) is 5.73. The molecule has 0 spiro atoms. The molecule has 0 unspecified atom stereocenters. The summed E-state index contributed by atoms with van der Waals surface area (Å²) < 4.78 is 6.06. The van der Waals surface area contributed by atoms with Gasteiger partial charge in [0, 0.05) is 11.6 Å². The molecule has 6 rings (SSSR count). The van der Waals surface area contributed by atoms with Crippen molar-refractivity contribution in [3.8, 4) is 16.9 Å². The van der Waals surface area contributed by atoms with Crippen LogP contribution in [0.2, 0.25) is 0 Å². The van der Waals surface area contributed by atoms with Crippen molar-refractivity contribution in [3.63, 3.8) is 0 Å². The number of benzene rings is 2. The summed E-state index contributed by atoms with van der Waals surface area (Å²) in [5, 5.41) is 17.9. The first kappa shape index (κ1) is 21.7. The summed E-state index contributed by atoms with van der Waals surface area (Å²) in [6.45, 7) is 0.179. The highest BCUT2D eigenvalue weighted by molar-refractivity contribution is 5.85. The monoisotopic (exact) mass is 446 g/mol. The number of rotatable bonds is 8. The summed E-state index contributed by atoms with van der Waals surface area (Å²) in [5.41, 5.74) is 4.41. The van der Waals surface area contributed by atoms with Crippen LogP contribution in [-0.2, 0) is 15.0 Å². The van der Waals surface area contributed by atoms with Gasteiger partial charge in [-0.25, -0.2) is 4.79 Å². The number of hydrogen-bond donors (Lipinski definition) is 2. The number of aliphatic carboxylic acids is 2. The molecule has 4 fully saturated rings. The Morgan fingerprint density at radius 2 is 1.52 bits per heavy atom. The van der Waals surface area contributed by atoms with Gasteiger partial charge in [0.05, 0.1) is 13.0 Å². The van der Waals surface area contributed by atoms with Crippen LogP contribution in [0.4, 0.5) is 0 Å². The summed E-state index contributed by atoms with van der Waals surface area (Å²) >= 11 is 0. The molecule has 0 aromatic heterocycles. The van der Waals surface area contributed by atoms with E-state index in [4.69, 9.17) is 14.9 Å². The van der Waals surface area contributed by atoms with Crippen LogP contribution < -0.4 is 4.74 Å². The molecule has 2 N–H and O–H groups in total. The van der Waals surface area contributed by atoms with Crippen molar-refractivity contribution >= 4 is 18.0 Å². The topological polar surface area (TPSA) is 83.8 Å².